The molecule has 118 valence electrons. The highest BCUT2D eigenvalue weighted by Crippen LogP contribution is 2.48. The van der Waals surface area contributed by atoms with Gasteiger partial charge >= 0.3 is 0 Å². The molecule has 0 N–H and O–H groups in total. The summed E-state index contributed by atoms with van der Waals surface area (Å²) in [5, 5.41) is 0. The second-order valence-corrected chi connectivity index (χ2v) is 8.31. The van der Waals surface area contributed by atoms with Crippen molar-refractivity contribution in [2.75, 3.05) is 32.8 Å². The maximum Gasteiger partial charge on any atom is 0.158 e. The quantitative estimate of drug-likeness (QED) is 0.710. The number of rotatable bonds is 7. The molecule has 2 rings (SSSR count). The molecule has 1 aromatic carbocycles. The number of hydrogen-bond donors (Lipinski definition) is 0. The molecule has 5 heteroatoms. The van der Waals surface area contributed by atoms with E-state index in [1.807, 2.05) is 35.7 Å². The molecule has 21 heavy (non-hydrogen) atoms. The first kappa shape index (κ1) is 17.0. The Hall–Kier alpha value is -0.360. The third-order valence-corrected chi connectivity index (χ3v) is 7.02. The predicted molar refractivity (Wildman–Crippen MR) is 91.4 cm³/mol. The minimum Gasteiger partial charge on any atom is -0.497 e. The van der Waals surface area contributed by atoms with Crippen molar-refractivity contribution in [1.82, 2.24) is 0 Å². The molecule has 1 aliphatic rings. The van der Waals surface area contributed by atoms with Crippen LogP contribution in [0.1, 0.15) is 18.4 Å². The molecule has 1 heterocycles. The van der Waals surface area contributed by atoms with Crippen LogP contribution in [-0.4, -0.2) is 43.2 Å². The van der Waals surface area contributed by atoms with E-state index in [1.54, 1.807) is 21.3 Å². The van der Waals surface area contributed by atoms with Gasteiger partial charge in [-0.1, -0.05) is 12.1 Å². The van der Waals surface area contributed by atoms with Crippen molar-refractivity contribution in [2.45, 2.75) is 29.6 Å². The molecule has 0 aromatic heterocycles. The van der Waals surface area contributed by atoms with Gasteiger partial charge in [-0.15, -0.1) is 23.5 Å². The summed E-state index contributed by atoms with van der Waals surface area (Å²) in [5.41, 5.74) is 1.34. The average molecular weight is 328 g/mol. The van der Waals surface area contributed by atoms with Crippen LogP contribution in [0.25, 0.3) is 0 Å². The van der Waals surface area contributed by atoms with E-state index in [4.69, 9.17) is 14.2 Å². The van der Waals surface area contributed by atoms with Gasteiger partial charge in [-0.25, -0.2) is 0 Å². The molecular formula is C16H24O3S2. The fourth-order valence-electron chi connectivity index (χ4n) is 2.48. The Morgan fingerprint density at radius 3 is 2.19 bits per heavy atom. The van der Waals surface area contributed by atoms with Crippen LogP contribution in [-0.2, 0) is 15.9 Å². The van der Waals surface area contributed by atoms with Gasteiger partial charge in [0.1, 0.15) is 5.75 Å². The minimum atomic E-state index is -0.138. The third-order valence-electron chi connectivity index (χ3n) is 3.65. The predicted octanol–water partition coefficient (Wildman–Crippen LogP) is 3.81. The van der Waals surface area contributed by atoms with Gasteiger partial charge < -0.3 is 14.2 Å². The molecule has 0 unspecified atom stereocenters. The topological polar surface area (TPSA) is 27.7 Å². The zero-order valence-corrected chi connectivity index (χ0v) is 14.6. The second-order valence-electron chi connectivity index (χ2n) is 5.09. The van der Waals surface area contributed by atoms with E-state index >= 15 is 0 Å². The molecule has 1 fully saturated rings. The molecule has 0 bridgehead atoms. The third kappa shape index (κ3) is 4.81. The van der Waals surface area contributed by atoms with Crippen molar-refractivity contribution in [3.8, 4) is 5.75 Å². The number of benzene rings is 1. The summed E-state index contributed by atoms with van der Waals surface area (Å²) in [6.07, 6.45) is 3.07. The van der Waals surface area contributed by atoms with Crippen molar-refractivity contribution in [2.24, 2.45) is 0 Å². The summed E-state index contributed by atoms with van der Waals surface area (Å²) in [7, 11) is 5.13. The van der Waals surface area contributed by atoms with Gasteiger partial charge in [0, 0.05) is 20.6 Å². The van der Waals surface area contributed by atoms with Crippen LogP contribution in [0, 0.1) is 0 Å². The van der Waals surface area contributed by atoms with Crippen LogP contribution >= 0.6 is 23.5 Å². The maximum absolute atomic E-state index is 5.43. The number of thioether (sulfide) groups is 2. The first-order valence-electron chi connectivity index (χ1n) is 7.18. The van der Waals surface area contributed by atoms with E-state index in [0.717, 1.165) is 18.6 Å². The molecule has 0 atom stereocenters. The summed E-state index contributed by atoms with van der Waals surface area (Å²) < 4.78 is 16.2. The van der Waals surface area contributed by atoms with Gasteiger partial charge in [-0.3, -0.25) is 0 Å². The molecule has 1 aromatic rings. The Morgan fingerprint density at radius 1 is 1.05 bits per heavy atom. The molecule has 0 aliphatic carbocycles. The highest BCUT2D eigenvalue weighted by molar-refractivity contribution is 8.18. The second kappa shape index (κ2) is 8.32. The highest BCUT2D eigenvalue weighted by Gasteiger charge is 2.36. The fraction of sp³-hybridized carbons (Fsp3) is 0.625. The molecule has 0 radical (unpaired) electrons. The first-order valence-corrected chi connectivity index (χ1v) is 9.15. The smallest absolute Gasteiger partial charge is 0.158 e. The normalized spacial score (nSPS) is 17.9. The van der Waals surface area contributed by atoms with Gasteiger partial charge in [0.15, 0.2) is 6.29 Å². The molecule has 0 amide bonds. The minimum absolute atomic E-state index is 0.138. The Kier molecular flexibility index (Phi) is 6.74. The molecular weight excluding hydrogens is 304 g/mol. The standard InChI is InChI=1S/C16H24O3S2/c1-17-14-7-5-13(6-8-14)11-16(12-15(18-2)19-3)20-9-4-10-21-16/h5-8,15H,4,9-12H2,1-3H3. The lowest BCUT2D eigenvalue weighted by atomic mass is 10.1. The van der Waals surface area contributed by atoms with Crippen LogP contribution in [0.15, 0.2) is 24.3 Å². The number of ether oxygens (including phenoxy) is 3. The van der Waals surface area contributed by atoms with E-state index in [2.05, 4.69) is 12.1 Å². The van der Waals surface area contributed by atoms with Crippen LogP contribution in [0.3, 0.4) is 0 Å². The van der Waals surface area contributed by atoms with Crippen LogP contribution in [0.2, 0.25) is 0 Å². The summed E-state index contributed by atoms with van der Waals surface area (Å²) >= 11 is 4.09. The largest absolute Gasteiger partial charge is 0.497 e. The van der Waals surface area contributed by atoms with Gasteiger partial charge in [0.25, 0.3) is 0 Å². The van der Waals surface area contributed by atoms with Crippen molar-refractivity contribution < 1.29 is 14.2 Å². The Morgan fingerprint density at radius 2 is 1.67 bits per heavy atom. The van der Waals surface area contributed by atoms with E-state index in [9.17, 15) is 0 Å². The lowest BCUT2D eigenvalue weighted by molar-refractivity contribution is -0.107. The summed E-state index contributed by atoms with van der Waals surface area (Å²) in [6, 6.07) is 8.38. The van der Waals surface area contributed by atoms with Crippen LogP contribution in [0.4, 0.5) is 0 Å². The van der Waals surface area contributed by atoms with E-state index in [1.165, 1.54) is 23.5 Å². The molecule has 1 saturated heterocycles. The van der Waals surface area contributed by atoms with Gasteiger partial charge in [-0.2, -0.15) is 0 Å². The SMILES string of the molecule is COc1ccc(CC2(CC(OC)OC)SCCCS2)cc1. The van der Waals surface area contributed by atoms with Crippen molar-refractivity contribution in [3.05, 3.63) is 29.8 Å². The summed E-state index contributed by atoms with van der Waals surface area (Å²) in [5.74, 6) is 3.33. The molecule has 1 aliphatic heterocycles. The molecule has 0 spiro atoms. The monoisotopic (exact) mass is 328 g/mol. The summed E-state index contributed by atoms with van der Waals surface area (Å²) in [6.45, 7) is 0. The van der Waals surface area contributed by atoms with Crippen molar-refractivity contribution in [1.29, 1.82) is 0 Å². The lowest BCUT2D eigenvalue weighted by Crippen LogP contribution is -2.34. The Labute approximate surface area is 136 Å². The Bertz CT molecular complexity index is 412. The van der Waals surface area contributed by atoms with E-state index < -0.39 is 0 Å². The van der Waals surface area contributed by atoms with Crippen molar-refractivity contribution in [3.63, 3.8) is 0 Å². The van der Waals surface area contributed by atoms with Crippen molar-refractivity contribution >= 4 is 23.5 Å². The maximum atomic E-state index is 5.43. The molecule has 3 nitrogen and oxygen atoms in total. The number of methoxy groups -OCH3 is 3. The lowest BCUT2D eigenvalue weighted by Gasteiger charge is -2.38. The average Bonchev–Trinajstić information content (AvgIpc) is 2.54. The zero-order valence-electron chi connectivity index (χ0n) is 13.0. The first-order chi connectivity index (χ1) is 10.2. The zero-order chi connectivity index (χ0) is 15.1. The summed E-state index contributed by atoms with van der Waals surface area (Å²) in [4.78, 5) is 0. The van der Waals surface area contributed by atoms with Gasteiger partial charge in [-0.05, 0) is 42.0 Å². The van der Waals surface area contributed by atoms with Crippen LogP contribution < -0.4 is 4.74 Å². The van der Waals surface area contributed by atoms with Gasteiger partial charge in [0.05, 0.1) is 11.2 Å². The highest BCUT2D eigenvalue weighted by atomic mass is 32.2. The van der Waals surface area contributed by atoms with E-state index in [-0.39, 0.29) is 10.4 Å². The van der Waals surface area contributed by atoms with Gasteiger partial charge in [0.2, 0.25) is 0 Å². The number of hydrogen-bond acceptors (Lipinski definition) is 5. The fourth-order valence-corrected chi connectivity index (χ4v) is 5.86. The Balaban J connectivity index is 2.10. The van der Waals surface area contributed by atoms with Crippen LogP contribution in [0.5, 0.6) is 5.75 Å². The molecule has 0 saturated carbocycles. The van der Waals surface area contributed by atoms with E-state index in [0.29, 0.717) is 0 Å².